The summed E-state index contributed by atoms with van der Waals surface area (Å²) in [5, 5.41) is 4.35. The minimum absolute atomic E-state index is 0.169. The Morgan fingerprint density at radius 3 is 2.47 bits per heavy atom. The standard InChI is InChI=1S/C11H13BrN4S/c1-6-10(17-8(3)15-6)7(2)16-11-13-4-9(12)5-14-11/h4-5,7H,1-3H3,(H,13,14,16). The molecule has 0 spiro atoms. The van der Waals surface area contributed by atoms with E-state index in [0.29, 0.717) is 5.95 Å². The molecule has 0 bridgehead atoms. The Hall–Kier alpha value is -1.01. The van der Waals surface area contributed by atoms with Crippen LogP contribution in [0.3, 0.4) is 0 Å². The Morgan fingerprint density at radius 1 is 1.29 bits per heavy atom. The molecule has 90 valence electrons. The molecule has 0 aliphatic rings. The molecule has 17 heavy (non-hydrogen) atoms. The zero-order valence-corrected chi connectivity index (χ0v) is 12.3. The van der Waals surface area contributed by atoms with Crippen molar-refractivity contribution in [2.45, 2.75) is 26.8 Å². The maximum Gasteiger partial charge on any atom is 0.223 e. The lowest BCUT2D eigenvalue weighted by Crippen LogP contribution is -2.08. The molecule has 0 amide bonds. The third-order valence-electron chi connectivity index (χ3n) is 2.30. The smallest absolute Gasteiger partial charge is 0.223 e. The molecule has 1 atom stereocenters. The van der Waals surface area contributed by atoms with E-state index < -0.39 is 0 Å². The van der Waals surface area contributed by atoms with Gasteiger partial charge in [-0.15, -0.1) is 11.3 Å². The quantitative estimate of drug-likeness (QED) is 0.942. The second-order valence-corrected chi connectivity index (χ2v) is 5.92. The molecule has 0 aliphatic heterocycles. The van der Waals surface area contributed by atoms with E-state index in [0.717, 1.165) is 15.2 Å². The van der Waals surface area contributed by atoms with Crippen molar-refractivity contribution in [3.05, 3.63) is 32.4 Å². The first kappa shape index (κ1) is 12.4. The van der Waals surface area contributed by atoms with Gasteiger partial charge < -0.3 is 5.32 Å². The normalized spacial score (nSPS) is 12.5. The van der Waals surface area contributed by atoms with E-state index in [2.05, 4.69) is 43.1 Å². The molecule has 0 fully saturated rings. The van der Waals surface area contributed by atoms with Gasteiger partial charge in [0.2, 0.25) is 5.95 Å². The van der Waals surface area contributed by atoms with Gasteiger partial charge in [-0.25, -0.2) is 15.0 Å². The Kier molecular flexibility index (Phi) is 3.73. The van der Waals surface area contributed by atoms with E-state index in [-0.39, 0.29) is 6.04 Å². The fraction of sp³-hybridized carbons (Fsp3) is 0.364. The molecule has 0 saturated heterocycles. The summed E-state index contributed by atoms with van der Waals surface area (Å²) in [6, 6.07) is 0.169. The Labute approximate surface area is 113 Å². The van der Waals surface area contributed by atoms with Crippen molar-refractivity contribution in [2.24, 2.45) is 0 Å². The molecule has 1 unspecified atom stereocenters. The Bertz CT molecular complexity index is 509. The van der Waals surface area contributed by atoms with Crippen molar-refractivity contribution in [3.63, 3.8) is 0 Å². The summed E-state index contributed by atoms with van der Waals surface area (Å²) in [6.45, 7) is 6.13. The number of anilines is 1. The number of halogens is 1. The van der Waals surface area contributed by atoms with Crippen molar-refractivity contribution >= 4 is 33.2 Å². The van der Waals surface area contributed by atoms with Gasteiger partial charge in [-0.2, -0.15) is 0 Å². The first-order valence-corrected chi connectivity index (χ1v) is 6.85. The molecular weight excluding hydrogens is 300 g/mol. The number of aryl methyl sites for hydroxylation is 2. The van der Waals surface area contributed by atoms with E-state index in [1.807, 2.05) is 13.8 Å². The fourth-order valence-electron chi connectivity index (χ4n) is 1.59. The van der Waals surface area contributed by atoms with E-state index >= 15 is 0 Å². The van der Waals surface area contributed by atoms with Crippen molar-refractivity contribution in [1.82, 2.24) is 15.0 Å². The summed E-state index contributed by atoms with van der Waals surface area (Å²) in [5.74, 6) is 0.631. The highest BCUT2D eigenvalue weighted by Crippen LogP contribution is 2.26. The van der Waals surface area contributed by atoms with Gasteiger partial charge in [-0.1, -0.05) is 0 Å². The van der Waals surface area contributed by atoms with Crippen molar-refractivity contribution < 1.29 is 0 Å². The number of aromatic nitrogens is 3. The average Bonchev–Trinajstić information content (AvgIpc) is 2.61. The highest BCUT2D eigenvalue weighted by atomic mass is 79.9. The lowest BCUT2D eigenvalue weighted by atomic mass is 10.2. The maximum absolute atomic E-state index is 4.42. The highest BCUT2D eigenvalue weighted by Gasteiger charge is 2.13. The van der Waals surface area contributed by atoms with Crippen LogP contribution in [0.1, 0.15) is 28.5 Å². The molecule has 0 radical (unpaired) electrons. The Balaban J connectivity index is 2.14. The summed E-state index contributed by atoms with van der Waals surface area (Å²) in [5.41, 5.74) is 1.07. The Morgan fingerprint density at radius 2 is 1.94 bits per heavy atom. The van der Waals surface area contributed by atoms with Crippen LogP contribution in [0, 0.1) is 13.8 Å². The van der Waals surface area contributed by atoms with Gasteiger partial charge >= 0.3 is 0 Å². The van der Waals surface area contributed by atoms with Crippen molar-refractivity contribution in [2.75, 3.05) is 5.32 Å². The monoisotopic (exact) mass is 312 g/mol. The highest BCUT2D eigenvalue weighted by molar-refractivity contribution is 9.10. The van der Waals surface area contributed by atoms with Gasteiger partial charge in [0.15, 0.2) is 0 Å². The zero-order chi connectivity index (χ0) is 12.4. The molecule has 0 saturated carbocycles. The summed E-state index contributed by atoms with van der Waals surface area (Å²) in [7, 11) is 0. The topological polar surface area (TPSA) is 50.7 Å². The van der Waals surface area contributed by atoms with Crippen LogP contribution in [0.5, 0.6) is 0 Å². The zero-order valence-electron chi connectivity index (χ0n) is 9.86. The van der Waals surface area contributed by atoms with Crippen LogP contribution in [0.25, 0.3) is 0 Å². The van der Waals surface area contributed by atoms with Crippen LogP contribution in [-0.2, 0) is 0 Å². The third-order valence-corrected chi connectivity index (χ3v) is 3.96. The van der Waals surface area contributed by atoms with Crippen LogP contribution in [-0.4, -0.2) is 15.0 Å². The number of hydrogen-bond acceptors (Lipinski definition) is 5. The van der Waals surface area contributed by atoms with Crippen molar-refractivity contribution in [3.8, 4) is 0 Å². The van der Waals surface area contributed by atoms with Gasteiger partial charge in [0, 0.05) is 17.3 Å². The van der Waals surface area contributed by atoms with E-state index in [1.165, 1.54) is 4.88 Å². The average molecular weight is 313 g/mol. The summed E-state index contributed by atoms with van der Waals surface area (Å²) < 4.78 is 0.875. The second-order valence-electron chi connectivity index (χ2n) is 3.77. The van der Waals surface area contributed by atoms with E-state index in [4.69, 9.17) is 0 Å². The van der Waals surface area contributed by atoms with Gasteiger partial charge in [0.25, 0.3) is 0 Å². The van der Waals surface area contributed by atoms with Crippen LogP contribution < -0.4 is 5.32 Å². The number of hydrogen-bond donors (Lipinski definition) is 1. The van der Waals surface area contributed by atoms with Gasteiger partial charge in [0.1, 0.15) is 0 Å². The minimum atomic E-state index is 0.169. The van der Waals surface area contributed by atoms with Crippen LogP contribution in [0.15, 0.2) is 16.9 Å². The minimum Gasteiger partial charge on any atom is -0.347 e. The number of thiazole rings is 1. The fourth-order valence-corrected chi connectivity index (χ4v) is 2.73. The summed E-state index contributed by atoms with van der Waals surface area (Å²) in [6.07, 6.45) is 3.46. The van der Waals surface area contributed by atoms with Crippen LogP contribution in [0.4, 0.5) is 5.95 Å². The van der Waals surface area contributed by atoms with E-state index in [9.17, 15) is 0 Å². The molecule has 2 aromatic heterocycles. The maximum atomic E-state index is 4.42. The molecule has 1 N–H and O–H groups in total. The van der Waals surface area contributed by atoms with Crippen molar-refractivity contribution in [1.29, 1.82) is 0 Å². The largest absolute Gasteiger partial charge is 0.347 e. The summed E-state index contributed by atoms with van der Waals surface area (Å²) >= 11 is 5.02. The SMILES string of the molecule is Cc1nc(C)c(C(C)Nc2ncc(Br)cn2)s1. The first-order chi connectivity index (χ1) is 8.06. The molecular formula is C11H13BrN4S. The first-order valence-electron chi connectivity index (χ1n) is 5.24. The van der Waals surface area contributed by atoms with Crippen LogP contribution >= 0.6 is 27.3 Å². The number of rotatable bonds is 3. The number of nitrogens with zero attached hydrogens (tertiary/aromatic N) is 3. The predicted molar refractivity (Wildman–Crippen MR) is 73.4 cm³/mol. The molecule has 4 nitrogen and oxygen atoms in total. The van der Waals surface area contributed by atoms with E-state index in [1.54, 1.807) is 23.7 Å². The second kappa shape index (κ2) is 5.10. The molecule has 0 aliphatic carbocycles. The van der Waals surface area contributed by atoms with Gasteiger partial charge in [-0.3, -0.25) is 0 Å². The molecule has 6 heteroatoms. The molecule has 0 aromatic carbocycles. The number of nitrogens with one attached hydrogen (secondary N) is 1. The lowest BCUT2D eigenvalue weighted by Gasteiger charge is -2.12. The van der Waals surface area contributed by atoms with Gasteiger partial charge in [0.05, 0.1) is 21.2 Å². The van der Waals surface area contributed by atoms with Crippen LogP contribution in [0.2, 0.25) is 0 Å². The molecule has 2 aromatic rings. The molecule has 2 rings (SSSR count). The lowest BCUT2D eigenvalue weighted by molar-refractivity contribution is 0.865. The molecule has 2 heterocycles. The summed E-state index contributed by atoms with van der Waals surface area (Å²) in [4.78, 5) is 14.0. The predicted octanol–water partition coefficient (Wildman–Crippen LogP) is 3.49. The van der Waals surface area contributed by atoms with Gasteiger partial charge in [-0.05, 0) is 36.7 Å². The third kappa shape index (κ3) is 3.01.